The molecule has 2 atom stereocenters. The molecule has 0 spiro atoms. The number of ether oxygens (including phenoxy) is 1. The van der Waals surface area contributed by atoms with Crippen molar-refractivity contribution in [1.29, 1.82) is 0 Å². The van der Waals surface area contributed by atoms with Crippen LogP contribution in [0.2, 0.25) is 0 Å². The van der Waals surface area contributed by atoms with E-state index in [0.717, 1.165) is 64.2 Å². The zero-order valence-corrected chi connectivity index (χ0v) is 22.4. The third kappa shape index (κ3) is 27.1. The number of hydrogen-bond acceptors (Lipinski definition) is 6. The van der Waals surface area contributed by atoms with Crippen LogP contribution in [0.3, 0.4) is 0 Å². The van der Waals surface area contributed by atoms with E-state index >= 15 is 0 Å². The second kappa shape index (κ2) is 25.8. The summed E-state index contributed by atoms with van der Waals surface area (Å²) in [5, 5.41) is 9.72. The Morgan fingerprint density at radius 3 is 1.86 bits per heavy atom. The molecule has 0 saturated carbocycles. The molecular weight excluding hydrogens is 465 g/mol. The van der Waals surface area contributed by atoms with Crippen molar-refractivity contribution in [3.05, 3.63) is 60.8 Å². The number of rotatable bonds is 24. The lowest BCUT2D eigenvalue weighted by Gasteiger charge is -2.15. The predicted octanol–water partition coefficient (Wildman–Crippen LogP) is 6.16. The Kier molecular flexibility index (Phi) is 24.8. The van der Waals surface area contributed by atoms with Gasteiger partial charge in [-0.2, -0.15) is 0 Å². The van der Waals surface area contributed by atoms with Crippen LogP contribution in [0.4, 0.5) is 0 Å². The third-order valence-corrected chi connectivity index (χ3v) is 5.66. The number of phosphoric acid groups is 1. The van der Waals surface area contributed by atoms with Crippen LogP contribution in [-0.2, 0) is 18.3 Å². The Morgan fingerprint density at radius 2 is 1.29 bits per heavy atom. The molecule has 2 unspecified atom stereocenters. The van der Waals surface area contributed by atoms with Crippen molar-refractivity contribution in [2.45, 2.75) is 77.2 Å². The maximum atomic E-state index is 11.4. The van der Waals surface area contributed by atoms with Crippen LogP contribution < -0.4 is 5.73 Å². The van der Waals surface area contributed by atoms with E-state index in [2.05, 4.69) is 76.7 Å². The van der Waals surface area contributed by atoms with Crippen molar-refractivity contribution in [1.82, 2.24) is 0 Å². The Hall–Kier alpha value is -1.31. The summed E-state index contributed by atoms with van der Waals surface area (Å²) in [5.74, 6) is 0. The molecule has 0 aromatic heterocycles. The van der Waals surface area contributed by atoms with Crippen LogP contribution >= 0.6 is 7.82 Å². The average molecular weight is 514 g/mol. The molecule has 0 bridgehead atoms. The second-order valence-electron chi connectivity index (χ2n) is 8.03. The van der Waals surface area contributed by atoms with Gasteiger partial charge < -0.3 is 20.5 Å². The SMILES string of the molecule is CC/C=C\C/C=C\C/C=C\C/C=C\C/C=C\CCCCCCOCC(O)COP(=O)(O)OCCN. The van der Waals surface area contributed by atoms with E-state index in [0.29, 0.717) is 6.61 Å². The lowest BCUT2D eigenvalue weighted by molar-refractivity contribution is 0.00231. The fourth-order valence-electron chi connectivity index (χ4n) is 2.84. The van der Waals surface area contributed by atoms with Gasteiger partial charge in [0.2, 0.25) is 0 Å². The van der Waals surface area contributed by atoms with Crippen LogP contribution in [-0.4, -0.2) is 49.1 Å². The van der Waals surface area contributed by atoms with Gasteiger partial charge in [0.25, 0.3) is 0 Å². The van der Waals surface area contributed by atoms with Gasteiger partial charge in [-0.3, -0.25) is 9.05 Å². The highest BCUT2D eigenvalue weighted by Gasteiger charge is 2.22. The second-order valence-corrected chi connectivity index (χ2v) is 9.48. The predicted molar refractivity (Wildman–Crippen MR) is 145 cm³/mol. The summed E-state index contributed by atoms with van der Waals surface area (Å²) in [6, 6.07) is 0. The van der Waals surface area contributed by atoms with Crippen LogP contribution in [0.1, 0.15) is 71.1 Å². The Labute approximate surface area is 213 Å². The van der Waals surface area contributed by atoms with Gasteiger partial charge in [0.1, 0.15) is 6.10 Å². The molecule has 8 heteroatoms. The first-order chi connectivity index (χ1) is 17.0. The van der Waals surface area contributed by atoms with Crippen molar-refractivity contribution >= 4 is 7.82 Å². The molecule has 0 fully saturated rings. The van der Waals surface area contributed by atoms with Crippen LogP contribution in [0, 0.1) is 0 Å². The summed E-state index contributed by atoms with van der Waals surface area (Å²) < 4.78 is 26.1. The van der Waals surface area contributed by atoms with E-state index < -0.39 is 13.9 Å². The molecule has 202 valence electrons. The largest absolute Gasteiger partial charge is 0.472 e. The van der Waals surface area contributed by atoms with E-state index in [1.54, 1.807) is 0 Å². The van der Waals surface area contributed by atoms with Gasteiger partial charge in [-0.05, 0) is 51.4 Å². The van der Waals surface area contributed by atoms with E-state index in [9.17, 15) is 14.6 Å². The lowest BCUT2D eigenvalue weighted by Crippen LogP contribution is -2.22. The number of allylic oxidation sites excluding steroid dienone is 10. The highest BCUT2D eigenvalue weighted by molar-refractivity contribution is 7.47. The third-order valence-electron chi connectivity index (χ3n) is 4.68. The topological polar surface area (TPSA) is 111 Å². The first kappa shape index (κ1) is 33.7. The molecule has 0 radical (unpaired) electrons. The van der Waals surface area contributed by atoms with Gasteiger partial charge in [-0.15, -0.1) is 0 Å². The summed E-state index contributed by atoms with van der Waals surface area (Å²) >= 11 is 0. The van der Waals surface area contributed by atoms with Crippen molar-refractivity contribution in [3.63, 3.8) is 0 Å². The van der Waals surface area contributed by atoms with Crippen molar-refractivity contribution in [2.24, 2.45) is 5.73 Å². The average Bonchev–Trinajstić information content (AvgIpc) is 2.84. The first-order valence-electron chi connectivity index (χ1n) is 12.8. The van der Waals surface area contributed by atoms with Gasteiger partial charge in [0.05, 0.1) is 19.8 Å². The van der Waals surface area contributed by atoms with Crippen molar-refractivity contribution in [2.75, 3.05) is 33.0 Å². The zero-order valence-electron chi connectivity index (χ0n) is 21.5. The molecule has 0 rings (SSSR count). The number of nitrogens with two attached hydrogens (primary N) is 1. The maximum Gasteiger partial charge on any atom is 0.472 e. The van der Waals surface area contributed by atoms with E-state index in [-0.39, 0.29) is 26.4 Å². The molecular formula is C27H48NO6P. The zero-order chi connectivity index (χ0) is 25.9. The number of phosphoric ester groups is 1. The summed E-state index contributed by atoms with van der Waals surface area (Å²) in [5.41, 5.74) is 5.19. The fraction of sp³-hybridized carbons (Fsp3) is 0.630. The van der Waals surface area contributed by atoms with Crippen molar-refractivity contribution in [3.8, 4) is 0 Å². The summed E-state index contributed by atoms with van der Waals surface area (Å²) in [6.45, 7) is 2.44. The summed E-state index contributed by atoms with van der Waals surface area (Å²) in [6.07, 6.45) is 31.5. The fourth-order valence-corrected chi connectivity index (χ4v) is 3.61. The van der Waals surface area contributed by atoms with Crippen molar-refractivity contribution < 1.29 is 28.3 Å². The minimum atomic E-state index is -4.16. The number of hydrogen-bond donors (Lipinski definition) is 3. The molecule has 0 amide bonds. The Morgan fingerprint density at radius 1 is 0.743 bits per heavy atom. The lowest BCUT2D eigenvalue weighted by atomic mass is 10.1. The minimum absolute atomic E-state index is 0.0525. The molecule has 0 saturated heterocycles. The van der Waals surface area contributed by atoms with Gasteiger partial charge >= 0.3 is 7.82 Å². The maximum absolute atomic E-state index is 11.4. The molecule has 35 heavy (non-hydrogen) atoms. The normalized spacial score (nSPS) is 15.4. The summed E-state index contributed by atoms with van der Waals surface area (Å²) in [4.78, 5) is 9.34. The minimum Gasteiger partial charge on any atom is -0.388 e. The summed E-state index contributed by atoms with van der Waals surface area (Å²) in [7, 11) is -4.16. The monoisotopic (exact) mass is 513 g/mol. The quantitative estimate of drug-likeness (QED) is 0.0805. The number of aliphatic hydroxyl groups excluding tert-OH is 1. The van der Waals surface area contributed by atoms with Crippen LogP contribution in [0.5, 0.6) is 0 Å². The highest BCUT2D eigenvalue weighted by Crippen LogP contribution is 2.42. The highest BCUT2D eigenvalue weighted by atomic mass is 31.2. The Balaban J connectivity index is 3.49. The molecule has 0 aliphatic rings. The van der Waals surface area contributed by atoms with Crippen LogP contribution in [0.15, 0.2) is 60.8 Å². The van der Waals surface area contributed by atoms with Crippen LogP contribution in [0.25, 0.3) is 0 Å². The molecule has 0 aromatic rings. The van der Waals surface area contributed by atoms with E-state index in [4.69, 9.17) is 10.5 Å². The first-order valence-corrected chi connectivity index (χ1v) is 14.3. The van der Waals surface area contributed by atoms with E-state index in [1.165, 1.54) is 0 Å². The molecule has 0 aromatic carbocycles. The van der Waals surface area contributed by atoms with Gasteiger partial charge in [0.15, 0.2) is 0 Å². The molecule has 0 heterocycles. The number of unbranched alkanes of at least 4 members (excludes halogenated alkanes) is 4. The molecule has 7 nitrogen and oxygen atoms in total. The van der Waals surface area contributed by atoms with Gasteiger partial charge in [0, 0.05) is 13.2 Å². The van der Waals surface area contributed by atoms with E-state index in [1.807, 2.05) is 0 Å². The Bertz CT molecular complexity index is 660. The molecule has 4 N–H and O–H groups in total. The van der Waals surface area contributed by atoms with Gasteiger partial charge in [-0.1, -0.05) is 80.5 Å². The standard InChI is InChI=1S/C27H48NO6P/c1-2-3-4-5-6-7-8-9-10-11-12-13-14-15-16-17-18-19-20-21-23-32-25-27(29)26-34-35(30,31)33-24-22-28/h3-4,6-7,9-10,12-13,15-16,27,29H,2,5,8,11,14,17-26,28H2,1H3,(H,30,31)/b4-3-,7-6-,10-9-,13-12-,16-15-. The van der Waals surface area contributed by atoms with Gasteiger partial charge in [-0.25, -0.2) is 4.57 Å². The molecule has 0 aliphatic heterocycles. The molecule has 0 aliphatic carbocycles. The smallest absolute Gasteiger partial charge is 0.388 e. The number of aliphatic hydroxyl groups is 1.